The first-order valence-electron chi connectivity index (χ1n) is 9.08. The van der Waals surface area contributed by atoms with Gasteiger partial charge in [-0.25, -0.2) is 22.0 Å². The summed E-state index contributed by atoms with van der Waals surface area (Å²) in [5.41, 5.74) is 0.993. The van der Waals surface area contributed by atoms with Gasteiger partial charge in [-0.05, 0) is 25.8 Å². The van der Waals surface area contributed by atoms with E-state index in [0.29, 0.717) is 23.5 Å². The van der Waals surface area contributed by atoms with E-state index in [1.807, 2.05) is 30.3 Å². The lowest BCUT2D eigenvalue weighted by molar-refractivity contribution is -0.116. The zero-order valence-corrected chi connectivity index (χ0v) is 16.2. The Bertz CT molecular complexity index is 1070. The van der Waals surface area contributed by atoms with Gasteiger partial charge in [0.2, 0.25) is 11.7 Å². The quantitative estimate of drug-likeness (QED) is 0.351. The zero-order chi connectivity index (χ0) is 22.0. The molecule has 3 aromatic rings. The number of anilines is 1. The summed E-state index contributed by atoms with van der Waals surface area (Å²) < 4.78 is 69.1. The maximum Gasteiger partial charge on any atom is 0.224 e. The van der Waals surface area contributed by atoms with Gasteiger partial charge >= 0.3 is 0 Å². The first-order chi connectivity index (χ1) is 14.2. The van der Waals surface area contributed by atoms with Crippen LogP contribution in [0.3, 0.4) is 0 Å². The monoisotopic (exact) mass is 423 g/mol. The van der Waals surface area contributed by atoms with Crippen molar-refractivity contribution in [3.63, 3.8) is 0 Å². The molecule has 3 rings (SSSR count). The number of aryl methyl sites for hydroxylation is 2. The normalized spacial score (nSPS) is 11.0. The SMILES string of the molecule is Cc1nn(Cc2c(F)c(F)c(F)c(F)c2F)c(C)c1NC(=O)CCc1ccccc1. The molecule has 0 saturated carbocycles. The third kappa shape index (κ3) is 4.19. The predicted octanol–water partition coefficient (Wildman–Crippen LogP) is 4.82. The number of carbonyl (C=O) groups excluding carboxylic acids is 1. The van der Waals surface area contributed by atoms with E-state index in [4.69, 9.17) is 0 Å². The number of nitrogens with one attached hydrogen (secondary N) is 1. The molecule has 1 N–H and O–H groups in total. The second-order valence-corrected chi connectivity index (χ2v) is 6.79. The van der Waals surface area contributed by atoms with Crippen LogP contribution in [0.4, 0.5) is 27.6 Å². The number of halogens is 5. The average molecular weight is 423 g/mol. The Morgan fingerprint density at radius 3 is 2.10 bits per heavy atom. The van der Waals surface area contributed by atoms with Crippen molar-refractivity contribution in [2.24, 2.45) is 0 Å². The fourth-order valence-electron chi connectivity index (χ4n) is 3.08. The molecule has 0 radical (unpaired) electrons. The van der Waals surface area contributed by atoms with Crippen molar-refractivity contribution in [2.75, 3.05) is 5.32 Å². The van der Waals surface area contributed by atoms with Crippen LogP contribution in [0.1, 0.15) is 28.9 Å². The number of aromatic nitrogens is 2. The van der Waals surface area contributed by atoms with E-state index in [2.05, 4.69) is 10.4 Å². The summed E-state index contributed by atoms with van der Waals surface area (Å²) in [6, 6.07) is 9.39. The van der Waals surface area contributed by atoms with Gasteiger partial charge in [-0.15, -0.1) is 0 Å². The minimum Gasteiger partial charge on any atom is -0.323 e. The van der Waals surface area contributed by atoms with Crippen molar-refractivity contribution in [3.8, 4) is 0 Å². The van der Waals surface area contributed by atoms with Crippen LogP contribution >= 0.6 is 0 Å². The van der Waals surface area contributed by atoms with Crippen molar-refractivity contribution in [2.45, 2.75) is 33.2 Å². The molecular formula is C21H18F5N3O. The molecule has 158 valence electrons. The molecule has 0 saturated heterocycles. The molecule has 1 amide bonds. The molecule has 9 heteroatoms. The van der Waals surface area contributed by atoms with Crippen molar-refractivity contribution in [1.29, 1.82) is 0 Å². The Morgan fingerprint density at radius 2 is 1.50 bits per heavy atom. The summed E-state index contributed by atoms with van der Waals surface area (Å²) in [5, 5.41) is 6.77. The van der Waals surface area contributed by atoms with Gasteiger partial charge in [0.25, 0.3) is 0 Å². The van der Waals surface area contributed by atoms with Crippen LogP contribution < -0.4 is 5.32 Å². The second kappa shape index (κ2) is 8.64. The number of carbonyl (C=O) groups is 1. The molecule has 0 atom stereocenters. The summed E-state index contributed by atoms with van der Waals surface area (Å²) in [4.78, 5) is 12.3. The molecule has 1 aromatic heterocycles. The maximum absolute atomic E-state index is 14.0. The van der Waals surface area contributed by atoms with Gasteiger partial charge in [0.05, 0.1) is 29.2 Å². The van der Waals surface area contributed by atoms with E-state index in [1.54, 1.807) is 6.92 Å². The van der Waals surface area contributed by atoms with Crippen LogP contribution in [0.15, 0.2) is 30.3 Å². The molecule has 0 bridgehead atoms. The molecule has 0 unspecified atom stereocenters. The van der Waals surface area contributed by atoms with Crippen LogP contribution in [-0.2, 0) is 17.8 Å². The van der Waals surface area contributed by atoms with E-state index >= 15 is 0 Å². The molecule has 4 nitrogen and oxygen atoms in total. The Morgan fingerprint density at radius 1 is 0.933 bits per heavy atom. The highest BCUT2D eigenvalue weighted by Gasteiger charge is 2.26. The highest BCUT2D eigenvalue weighted by Crippen LogP contribution is 2.26. The van der Waals surface area contributed by atoms with E-state index in [1.165, 1.54) is 6.92 Å². The number of hydrogen-bond acceptors (Lipinski definition) is 2. The van der Waals surface area contributed by atoms with Crippen molar-refractivity contribution >= 4 is 11.6 Å². The fourth-order valence-corrected chi connectivity index (χ4v) is 3.08. The fraction of sp³-hybridized carbons (Fsp3) is 0.238. The number of rotatable bonds is 6. The third-order valence-corrected chi connectivity index (χ3v) is 4.74. The minimum absolute atomic E-state index is 0.200. The van der Waals surface area contributed by atoms with Crippen LogP contribution in [0.5, 0.6) is 0 Å². The summed E-state index contributed by atoms with van der Waals surface area (Å²) >= 11 is 0. The third-order valence-electron chi connectivity index (χ3n) is 4.74. The number of nitrogens with zero attached hydrogens (tertiary/aromatic N) is 2. The first kappa shape index (κ1) is 21.5. The second-order valence-electron chi connectivity index (χ2n) is 6.79. The molecule has 0 fully saturated rings. The number of hydrogen-bond donors (Lipinski definition) is 1. The topological polar surface area (TPSA) is 46.9 Å². The van der Waals surface area contributed by atoms with Gasteiger partial charge in [-0.3, -0.25) is 9.48 Å². The summed E-state index contributed by atoms with van der Waals surface area (Å²) in [7, 11) is 0. The first-order valence-corrected chi connectivity index (χ1v) is 9.08. The molecule has 30 heavy (non-hydrogen) atoms. The van der Waals surface area contributed by atoms with Crippen LogP contribution in [-0.4, -0.2) is 15.7 Å². The van der Waals surface area contributed by atoms with Gasteiger partial charge in [0.15, 0.2) is 23.3 Å². The average Bonchev–Trinajstić information content (AvgIpc) is 3.00. The van der Waals surface area contributed by atoms with Crippen LogP contribution in [0, 0.1) is 42.9 Å². The molecule has 0 aliphatic rings. The van der Waals surface area contributed by atoms with E-state index in [-0.39, 0.29) is 12.3 Å². The van der Waals surface area contributed by atoms with Crippen molar-refractivity contribution < 1.29 is 26.7 Å². The standard InChI is InChI=1S/C21H18F5N3O/c1-11-21(27-15(30)9-8-13-6-4-3-5-7-13)12(2)29(28-11)10-14-16(22)18(24)20(26)19(25)17(14)23/h3-7H,8-10H2,1-2H3,(H,27,30). The van der Waals surface area contributed by atoms with Crippen LogP contribution in [0.25, 0.3) is 0 Å². The molecule has 0 aliphatic heterocycles. The lowest BCUT2D eigenvalue weighted by Gasteiger charge is -2.10. The Kier molecular flexibility index (Phi) is 6.19. The van der Waals surface area contributed by atoms with Gasteiger partial charge < -0.3 is 5.32 Å². The van der Waals surface area contributed by atoms with Crippen molar-refractivity contribution in [1.82, 2.24) is 9.78 Å². The highest BCUT2D eigenvalue weighted by atomic mass is 19.2. The summed E-state index contributed by atoms with van der Waals surface area (Å²) in [6.45, 7) is 2.41. The van der Waals surface area contributed by atoms with Gasteiger partial charge in [-0.2, -0.15) is 5.10 Å². The Balaban J connectivity index is 1.79. The van der Waals surface area contributed by atoms with E-state index < -0.39 is 41.2 Å². The molecule has 2 aromatic carbocycles. The number of amides is 1. The predicted molar refractivity (Wildman–Crippen MR) is 100 cm³/mol. The summed E-state index contributed by atoms with van der Waals surface area (Å²) in [6.07, 6.45) is 0.717. The minimum atomic E-state index is -2.21. The van der Waals surface area contributed by atoms with Gasteiger partial charge in [0, 0.05) is 6.42 Å². The Hall–Kier alpha value is -3.23. The lowest BCUT2D eigenvalue weighted by Crippen LogP contribution is -2.15. The van der Waals surface area contributed by atoms with Crippen molar-refractivity contribution in [3.05, 3.63) is 81.9 Å². The highest BCUT2D eigenvalue weighted by molar-refractivity contribution is 5.92. The van der Waals surface area contributed by atoms with Gasteiger partial charge in [0.1, 0.15) is 0 Å². The summed E-state index contributed by atoms with van der Waals surface area (Å²) in [5.74, 6) is -10.4. The zero-order valence-electron chi connectivity index (χ0n) is 16.2. The molecule has 1 heterocycles. The molecule has 0 spiro atoms. The Labute approximate surface area is 169 Å². The largest absolute Gasteiger partial charge is 0.323 e. The number of benzene rings is 2. The van der Waals surface area contributed by atoms with E-state index in [0.717, 1.165) is 10.2 Å². The molecular weight excluding hydrogens is 405 g/mol. The smallest absolute Gasteiger partial charge is 0.224 e. The van der Waals surface area contributed by atoms with Gasteiger partial charge in [-0.1, -0.05) is 30.3 Å². The maximum atomic E-state index is 14.0. The molecule has 0 aliphatic carbocycles. The van der Waals surface area contributed by atoms with E-state index in [9.17, 15) is 26.7 Å². The van der Waals surface area contributed by atoms with Crippen LogP contribution in [0.2, 0.25) is 0 Å². The lowest BCUT2D eigenvalue weighted by atomic mass is 10.1.